The van der Waals surface area contributed by atoms with Gasteiger partial charge in [0.1, 0.15) is 5.75 Å². The van der Waals surface area contributed by atoms with E-state index < -0.39 is 0 Å². The Kier molecular flexibility index (Phi) is 5.33. The Hall–Kier alpha value is -1.02. The number of hydrogen-bond acceptors (Lipinski definition) is 2. The molecule has 0 radical (unpaired) electrons. The van der Waals surface area contributed by atoms with Crippen LogP contribution in [0.2, 0.25) is 0 Å². The maximum absolute atomic E-state index is 5.80. The van der Waals surface area contributed by atoms with Crippen LogP contribution in [0, 0.1) is 5.92 Å². The third-order valence-electron chi connectivity index (χ3n) is 2.46. The topological polar surface area (TPSA) is 21.3 Å². The molecule has 2 nitrogen and oxygen atoms in total. The van der Waals surface area contributed by atoms with Crippen LogP contribution in [-0.2, 0) is 6.42 Å². The van der Waals surface area contributed by atoms with Gasteiger partial charge in [-0.3, -0.25) is 0 Å². The summed E-state index contributed by atoms with van der Waals surface area (Å²) >= 11 is 0. The smallest absolute Gasteiger partial charge is 0.122 e. The molecule has 0 saturated heterocycles. The lowest BCUT2D eigenvalue weighted by atomic mass is 10.0. The van der Waals surface area contributed by atoms with Gasteiger partial charge in [0.05, 0.1) is 6.10 Å². The molecule has 1 rings (SSSR count). The summed E-state index contributed by atoms with van der Waals surface area (Å²) in [5, 5.41) is 3.21. The molecule has 1 N–H and O–H groups in total. The summed E-state index contributed by atoms with van der Waals surface area (Å²) in [6.07, 6.45) is 1.30. The molecule has 0 saturated carbocycles. The van der Waals surface area contributed by atoms with E-state index in [2.05, 4.69) is 44.3 Å². The number of hydrogen-bond donors (Lipinski definition) is 1. The minimum Gasteiger partial charge on any atom is -0.491 e. The van der Waals surface area contributed by atoms with Crippen molar-refractivity contribution in [3.05, 3.63) is 29.8 Å². The van der Waals surface area contributed by atoms with Crippen LogP contribution < -0.4 is 10.1 Å². The van der Waals surface area contributed by atoms with E-state index in [9.17, 15) is 0 Å². The Bertz CT molecular complexity index is 309. The Morgan fingerprint density at radius 1 is 1.19 bits per heavy atom. The fourth-order valence-corrected chi connectivity index (χ4v) is 1.84. The fourth-order valence-electron chi connectivity index (χ4n) is 1.84. The van der Waals surface area contributed by atoms with E-state index in [4.69, 9.17) is 4.74 Å². The van der Waals surface area contributed by atoms with Gasteiger partial charge >= 0.3 is 0 Å². The van der Waals surface area contributed by atoms with Crippen molar-refractivity contribution in [1.29, 1.82) is 0 Å². The predicted octanol–water partition coefficient (Wildman–Crippen LogP) is 2.87. The fraction of sp³-hybridized carbons (Fsp3) is 0.571. The van der Waals surface area contributed by atoms with Gasteiger partial charge in [0.15, 0.2) is 0 Å². The first-order valence-electron chi connectivity index (χ1n) is 6.02. The molecule has 0 aromatic heterocycles. The van der Waals surface area contributed by atoms with E-state index in [1.165, 1.54) is 5.56 Å². The molecule has 90 valence electrons. The monoisotopic (exact) mass is 221 g/mol. The van der Waals surface area contributed by atoms with Crippen molar-refractivity contribution in [3.63, 3.8) is 0 Å². The molecule has 0 aliphatic carbocycles. The van der Waals surface area contributed by atoms with Gasteiger partial charge in [-0.25, -0.2) is 0 Å². The van der Waals surface area contributed by atoms with Gasteiger partial charge in [-0.05, 0) is 51.4 Å². The Morgan fingerprint density at radius 3 is 2.50 bits per heavy atom. The lowest BCUT2D eigenvalue weighted by Gasteiger charge is -2.16. The van der Waals surface area contributed by atoms with Crippen LogP contribution in [0.5, 0.6) is 5.75 Å². The van der Waals surface area contributed by atoms with Crippen molar-refractivity contribution in [2.45, 2.75) is 33.3 Å². The number of benzene rings is 1. The van der Waals surface area contributed by atoms with Crippen molar-refractivity contribution in [1.82, 2.24) is 5.32 Å². The minimum absolute atomic E-state index is 0.237. The highest BCUT2D eigenvalue weighted by Crippen LogP contribution is 2.22. The van der Waals surface area contributed by atoms with Gasteiger partial charge < -0.3 is 10.1 Å². The van der Waals surface area contributed by atoms with E-state index in [-0.39, 0.29) is 6.10 Å². The van der Waals surface area contributed by atoms with Crippen LogP contribution in [-0.4, -0.2) is 19.7 Å². The lowest BCUT2D eigenvalue weighted by molar-refractivity contribution is 0.239. The van der Waals surface area contributed by atoms with Crippen molar-refractivity contribution in [2.24, 2.45) is 5.92 Å². The molecule has 0 spiro atoms. The van der Waals surface area contributed by atoms with E-state index in [1.807, 2.05) is 13.1 Å². The molecular formula is C14H23NO. The van der Waals surface area contributed by atoms with Crippen molar-refractivity contribution in [2.75, 3.05) is 13.6 Å². The Labute approximate surface area is 99.0 Å². The first kappa shape index (κ1) is 13.0. The molecule has 1 unspecified atom stereocenters. The lowest BCUT2D eigenvalue weighted by Crippen LogP contribution is -2.18. The van der Waals surface area contributed by atoms with Gasteiger partial charge in [-0.2, -0.15) is 0 Å². The van der Waals surface area contributed by atoms with Crippen LogP contribution in [0.1, 0.15) is 26.3 Å². The normalized spacial score (nSPS) is 12.8. The van der Waals surface area contributed by atoms with Crippen LogP contribution in [0.25, 0.3) is 0 Å². The SMILES string of the molecule is CNCC(C)Cc1ccccc1OC(C)C. The summed E-state index contributed by atoms with van der Waals surface area (Å²) in [6, 6.07) is 8.32. The summed E-state index contributed by atoms with van der Waals surface area (Å²) in [6.45, 7) is 7.42. The number of nitrogens with one attached hydrogen (secondary N) is 1. The van der Waals surface area contributed by atoms with Gasteiger partial charge in [-0.15, -0.1) is 0 Å². The second-order valence-electron chi connectivity index (χ2n) is 4.64. The van der Waals surface area contributed by atoms with Gasteiger partial charge in [0, 0.05) is 0 Å². The molecule has 0 fully saturated rings. The highest BCUT2D eigenvalue weighted by Gasteiger charge is 2.08. The minimum atomic E-state index is 0.237. The molecule has 0 aliphatic rings. The first-order valence-corrected chi connectivity index (χ1v) is 6.02. The number of para-hydroxylation sites is 1. The second kappa shape index (κ2) is 6.54. The second-order valence-corrected chi connectivity index (χ2v) is 4.64. The summed E-state index contributed by atoms with van der Waals surface area (Å²) in [4.78, 5) is 0. The third kappa shape index (κ3) is 4.23. The van der Waals surface area contributed by atoms with Crippen molar-refractivity contribution in [3.8, 4) is 5.75 Å². The molecule has 0 bridgehead atoms. The average Bonchev–Trinajstić information content (AvgIpc) is 2.20. The van der Waals surface area contributed by atoms with Crippen LogP contribution in [0.3, 0.4) is 0 Å². The molecular weight excluding hydrogens is 198 g/mol. The van der Waals surface area contributed by atoms with Crippen molar-refractivity contribution < 1.29 is 4.74 Å². The molecule has 0 heterocycles. The molecule has 16 heavy (non-hydrogen) atoms. The zero-order valence-corrected chi connectivity index (χ0v) is 10.8. The third-order valence-corrected chi connectivity index (χ3v) is 2.46. The summed E-state index contributed by atoms with van der Waals surface area (Å²) in [5.74, 6) is 1.65. The van der Waals surface area contributed by atoms with Gasteiger partial charge in [0.25, 0.3) is 0 Å². The van der Waals surface area contributed by atoms with Gasteiger partial charge in [0.2, 0.25) is 0 Å². The molecule has 2 heteroatoms. The molecule has 1 aromatic carbocycles. The van der Waals surface area contributed by atoms with Crippen LogP contribution in [0.4, 0.5) is 0 Å². The summed E-state index contributed by atoms with van der Waals surface area (Å²) in [5.41, 5.74) is 1.30. The number of ether oxygens (including phenoxy) is 1. The standard InChI is InChI=1S/C14H23NO/c1-11(2)16-14-8-6-5-7-13(14)9-12(3)10-15-4/h5-8,11-12,15H,9-10H2,1-4H3. The summed E-state index contributed by atoms with van der Waals surface area (Å²) in [7, 11) is 1.99. The Balaban J connectivity index is 2.70. The quantitative estimate of drug-likeness (QED) is 0.797. The summed E-state index contributed by atoms with van der Waals surface area (Å²) < 4.78 is 5.80. The Morgan fingerprint density at radius 2 is 1.88 bits per heavy atom. The highest BCUT2D eigenvalue weighted by atomic mass is 16.5. The van der Waals surface area contributed by atoms with Gasteiger partial charge in [-0.1, -0.05) is 25.1 Å². The predicted molar refractivity (Wildman–Crippen MR) is 69.0 cm³/mol. The van der Waals surface area contributed by atoms with E-state index in [0.717, 1.165) is 18.7 Å². The molecule has 0 amide bonds. The zero-order valence-electron chi connectivity index (χ0n) is 10.8. The molecule has 1 aromatic rings. The number of rotatable bonds is 6. The maximum atomic E-state index is 5.80. The van der Waals surface area contributed by atoms with E-state index in [0.29, 0.717) is 5.92 Å². The average molecular weight is 221 g/mol. The highest BCUT2D eigenvalue weighted by molar-refractivity contribution is 5.33. The first-order chi connectivity index (χ1) is 7.63. The molecule has 0 aliphatic heterocycles. The van der Waals surface area contributed by atoms with Crippen molar-refractivity contribution >= 4 is 0 Å². The maximum Gasteiger partial charge on any atom is 0.122 e. The zero-order chi connectivity index (χ0) is 12.0. The van der Waals surface area contributed by atoms with E-state index >= 15 is 0 Å². The van der Waals surface area contributed by atoms with Crippen LogP contribution in [0.15, 0.2) is 24.3 Å². The van der Waals surface area contributed by atoms with Crippen LogP contribution >= 0.6 is 0 Å². The van der Waals surface area contributed by atoms with E-state index in [1.54, 1.807) is 0 Å². The molecule has 1 atom stereocenters. The largest absolute Gasteiger partial charge is 0.491 e.